The van der Waals surface area contributed by atoms with E-state index in [-0.39, 0.29) is 30.0 Å². The number of hydrogen-bond acceptors (Lipinski definition) is 7. The van der Waals surface area contributed by atoms with Gasteiger partial charge in [-0.15, -0.1) is 0 Å². The molecule has 0 bridgehead atoms. The van der Waals surface area contributed by atoms with Crippen LogP contribution in [0.2, 0.25) is 0 Å². The molecule has 2 saturated carbocycles. The first-order chi connectivity index (χ1) is 21.9. The molecule has 46 heavy (non-hydrogen) atoms. The van der Waals surface area contributed by atoms with Crippen molar-refractivity contribution in [3.8, 4) is 0 Å². The van der Waals surface area contributed by atoms with E-state index >= 15 is 0 Å². The Bertz CT molecular complexity index is 1380. The SMILES string of the molecule is CC(N)C(=O)N[C@H](Cc1ccc(NC(=O)CC(C2CC2)C2CC2)c(F)c1)C(=O)N1CCN(C)C(C)C1.CCn1nccc1C(N)=O. The van der Waals surface area contributed by atoms with E-state index in [2.05, 4.69) is 27.6 Å². The van der Waals surface area contributed by atoms with E-state index in [1.165, 1.54) is 31.7 Å². The standard InChI is InChI=1S/C27H40FN5O3.C6H9N3O/c1-16-15-33(11-10-32(16)3)27(36)24(31-26(35)17(2)29)13-18-4-9-23(22(28)12-18)30-25(34)14-21(19-5-6-19)20-7-8-20;1-2-9-5(6(7)10)3-4-8-9/h4,9,12,16-17,19-21,24H,5-8,10-11,13-15,29H2,1-3H3,(H,30,34)(H,31,35);3-4H,2H2,1H3,(H2,7,10)/t16?,17?,24-;/m1./s1. The van der Waals surface area contributed by atoms with Crippen molar-refractivity contribution < 1.29 is 23.6 Å². The Morgan fingerprint density at radius 1 is 1.09 bits per heavy atom. The Hall–Kier alpha value is -3.84. The number of rotatable bonds is 12. The highest BCUT2D eigenvalue weighted by Crippen LogP contribution is 2.50. The Balaban J connectivity index is 0.000000409. The van der Waals surface area contributed by atoms with Gasteiger partial charge in [-0.05, 0) is 95.0 Å². The number of carbonyl (C=O) groups is 4. The van der Waals surface area contributed by atoms with Gasteiger partial charge in [0, 0.05) is 51.3 Å². The van der Waals surface area contributed by atoms with Crippen LogP contribution in [0.3, 0.4) is 0 Å². The van der Waals surface area contributed by atoms with Crippen molar-refractivity contribution in [2.75, 3.05) is 32.0 Å². The third-order valence-electron chi connectivity index (χ3n) is 9.19. The number of halogens is 1. The first-order valence-corrected chi connectivity index (χ1v) is 16.3. The van der Waals surface area contributed by atoms with Gasteiger partial charge >= 0.3 is 0 Å². The summed E-state index contributed by atoms with van der Waals surface area (Å²) in [6, 6.07) is 4.76. The summed E-state index contributed by atoms with van der Waals surface area (Å²) in [6.45, 7) is 8.04. The smallest absolute Gasteiger partial charge is 0.266 e. The van der Waals surface area contributed by atoms with Crippen LogP contribution in [0.15, 0.2) is 30.5 Å². The first kappa shape index (κ1) is 35.0. The number of primary amides is 1. The van der Waals surface area contributed by atoms with Gasteiger partial charge in [0.05, 0.1) is 11.7 Å². The predicted molar refractivity (Wildman–Crippen MR) is 173 cm³/mol. The van der Waals surface area contributed by atoms with Gasteiger partial charge in [-0.2, -0.15) is 5.10 Å². The van der Waals surface area contributed by atoms with E-state index in [1.54, 1.807) is 40.9 Å². The minimum absolute atomic E-state index is 0.134. The van der Waals surface area contributed by atoms with Crippen LogP contribution in [0.4, 0.5) is 10.1 Å². The van der Waals surface area contributed by atoms with E-state index in [9.17, 15) is 23.6 Å². The quantitative estimate of drug-likeness (QED) is 0.276. The topological polar surface area (TPSA) is 169 Å². The van der Waals surface area contributed by atoms with Crippen LogP contribution < -0.4 is 22.1 Å². The average Bonchev–Trinajstić information content (AvgIpc) is 3.96. The van der Waals surface area contributed by atoms with Crippen LogP contribution in [-0.2, 0) is 27.3 Å². The normalized spacial score (nSPS) is 19.5. The second-order valence-corrected chi connectivity index (χ2v) is 13.0. The van der Waals surface area contributed by atoms with Gasteiger partial charge in [0.2, 0.25) is 17.7 Å². The van der Waals surface area contributed by atoms with Crippen molar-refractivity contribution in [3.05, 3.63) is 47.5 Å². The van der Waals surface area contributed by atoms with Crippen molar-refractivity contribution in [1.29, 1.82) is 0 Å². The van der Waals surface area contributed by atoms with E-state index < -0.39 is 29.7 Å². The zero-order valence-electron chi connectivity index (χ0n) is 27.4. The van der Waals surface area contributed by atoms with E-state index in [1.807, 2.05) is 14.0 Å². The van der Waals surface area contributed by atoms with E-state index in [0.717, 1.165) is 6.54 Å². The number of amides is 4. The summed E-state index contributed by atoms with van der Waals surface area (Å²) in [5.74, 6) is -0.0302. The molecule has 0 spiro atoms. The maximum Gasteiger partial charge on any atom is 0.266 e. The van der Waals surface area contributed by atoms with Crippen LogP contribution in [0.1, 0.15) is 68.9 Å². The van der Waals surface area contributed by atoms with Gasteiger partial charge in [0.15, 0.2) is 0 Å². The van der Waals surface area contributed by atoms with Gasteiger partial charge in [-0.25, -0.2) is 4.39 Å². The Kier molecular flexibility index (Phi) is 11.9. The van der Waals surface area contributed by atoms with Crippen LogP contribution in [0.5, 0.6) is 0 Å². The molecule has 5 rings (SSSR count). The molecule has 2 aliphatic carbocycles. The molecule has 1 aliphatic heterocycles. The molecule has 3 aliphatic rings. The molecule has 6 N–H and O–H groups in total. The lowest BCUT2D eigenvalue weighted by molar-refractivity contribution is -0.138. The van der Waals surface area contributed by atoms with Gasteiger partial charge in [0.25, 0.3) is 5.91 Å². The van der Waals surface area contributed by atoms with E-state index in [0.29, 0.717) is 55.1 Å². The summed E-state index contributed by atoms with van der Waals surface area (Å²) in [7, 11) is 2.02. The number of nitrogens with one attached hydrogen (secondary N) is 2. The van der Waals surface area contributed by atoms with Crippen LogP contribution in [0.25, 0.3) is 0 Å². The lowest BCUT2D eigenvalue weighted by Crippen LogP contribution is -2.58. The predicted octanol–water partition coefficient (Wildman–Crippen LogP) is 2.13. The minimum Gasteiger partial charge on any atom is -0.364 e. The molecule has 2 unspecified atom stereocenters. The Morgan fingerprint density at radius 3 is 2.28 bits per heavy atom. The van der Waals surface area contributed by atoms with E-state index in [4.69, 9.17) is 11.5 Å². The third kappa shape index (κ3) is 9.58. The first-order valence-electron chi connectivity index (χ1n) is 16.3. The fraction of sp³-hybridized carbons (Fsp3) is 0.606. The number of benzene rings is 1. The molecule has 1 aromatic heterocycles. The summed E-state index contributed by atoms with van der Waals surface area (Å²) in [4.78, 5) is 52.8. The molecule has 3 atom stereocenters. The highest BCUT2D eigenvalue weighted by atomic mass is 19.1. The summed E-state index contributed by atoms with van der Waals surface area (Å²) >= 11 is 0. The number of nitrogens with zero attached hydrogens (tertiary/aromatic N) is 4. The molecule has 2 aromatic rings. The molecule has 1 aromatic carbocycles. The monoisotopic (exact) mass is 640 g/mol. The number of hydrogen-bond donors (Lipinski definition) is 4. The third-order valence-corrected chi connectivity index (χ3v) is 9.19. The average molecular weight is 641 g/mol. The zero-order valence-corrected chi connectivity index (χ0v) is 27.4. The second kappa shape index (κ2) is 15.6. The van der Waals surface area contributed by atoms with Gasteiger partial charge in [0.1, 0.15) is 17.6 Å². The van der Waals surface area contributed by atoms with Crippen LogP contribution in [0, 0.1) is 23.6 Å². The van der Waals surface area contributed by atoms with Crippen LogP contribution >= 0.6 is 0 Å². The number of aryl methyl sites for hydroxylation is 1. The molecule has 0 radical (unpaired) electrons. The van der Waals surface area contributed by atoms with Gasteiger partial charge in [-0.1, -0.05) is 6.07 Å². The highest BCUT2D eigenvalue weighted by molar-refractivity contribution is 5.92. The number of aromatic nitrogens is 2. The zero-order chi connectivity index (χ0) is 33.5. The molecule has 2 heterocycles. The van der Waals surface area contributed by atoms with Crippen molar-refractivity contribution in [2.24, 2.45) is 29.2 Å². The molecule has 3 fully saturated rings. The number of carbonyl (C=O) groups excluding carboxylic acids is 4. The maximum absolute atomic E-state index is 15.0. The molecule has 12 nitrogen and oxygen atoms in total. The van der Waals surface area contributed by atoms with Crippen molar-refractivity contribution >= 4 is 29.3 Å². The van der Waals surface area contributed by atoms with Crippen LogP contribution in [-0.4, -0.2) is 88.0 Å². The van der Waals surface area contributed by atoms with Gasteiger partial charge < -0.3 is 31.9 Å². The number of anilines is 1. The van der Waals surface area contributed by atoms with Gasteiger partial charge in [-0.3, -0.25) is 23.9 Å². The van der Waals surface area contributed by atoms with Crippen molar-refractivity contribution in [3.63, 3.8) is 0 Å². The Labute approximate surface area is 270 Å². The molecule has 1 saturated heterocycles. The molecular formula is C33H49FN8O4. The molecule has 252 valence electrons. The number of nitrogens with two attached hydrogens (primary N) is 2. The Morgan fingerprint density at radius 2 is 1.76 bits per heavy atom. The second-order valence-electron chi connectivity index (χ2n) is 13.0. The molecule has 13 heteroatoms. The number of likely N-dealkylation sites (N-methyl/N-ethyl adjacent to an activating group) is 1. The summed E-state index contributed by atoms with van der Waals surface area (Å²) in [6.07, 6.45) is 6.93. The summed E-state index contributed by atoms with van der Waals surface area (Å²) in [5.41, 5.74) is 11.9. The maximum atomic E-state index is 15.0. The fourth-order valence-corrected chi connectivity index (χ4v) is 5.97. The highest BCUT2D eigenvalue weighted by Gasteiger charge is 2.42. The fourth-order valence-electron chi connectivity index (χ4n) is 5.97. The summed E-state index contributed by atoms with van der Waals surface area (Å²) < 4.78 is 16.5. The van der Waals surface area contributed by atoms with Crippen molar-refractivity contribution in [2.45, 2.75) is 84.0 Å². The molecule has 4 amide bonds. The van der Waals surface area contributed by atoms with Crippen molar-refractivity contribution in [1.82, 2.24) is 24.9 Å². The lowest BCUT2D eigenvalue weighted by Gasteiger charge is -2.39. The molecular weight excluding hydrogens is 591 g/mol. The minimum atomic E-state index is -0.850. The summed E-state index contributed by atoms with van der Waals surface area (Å²) in [5, 5.41) is 9.36. The largest absolute Gasteiger partial charge is 0.364 e. The lowest BCUT2D eigenvalue weighted by atomic mass is 9.94. The number of piperazine rings is 1.